The minimum atomic E-state index is -0.997. The van der Waals surface area contributed by atoms with Crippen LogP contribution in [0.25, 0.3) is 0 Å². The second-order valence-corrected chi connectivity index (χ2v) is 4.60. The molecule has 1 aromatic heterocycles. The number of fused-ring (bicyclic) bond motifs is 1. The van der Waals surface area contributed by atoms with E-state index in [2.05, 4.69) is 4.98 Å². The van der Waals surface area contributed by atoms with Crippen LogP contribution in [0, 0.1) is 0 Å². The maximum absolute atomic E-state index is 12.6. The number of carbonyl (C=O) groups excluding carboxylic acids is 1. The zero-order valence-corrected chi connectivity index (χ0v) is 10.6. The lowest BCUT2D eigenvalue weighted by molar-refractivity contribution is -0.138. The molecule has 1 aromatic carbocycles. The normalized spacial score (nSPS) is 16.8. The number of nitrogens with zero attached hydrogens (tertiary/aromatic N) is 2. The molecule has 0 radical (unpaired) electrons. The summed E-state index contributed by atoms with van der Waals surface area (Å²) in [5.41, 5.74) is 1.98. The summed E-state index contributed by atoms with van der Waals surface area (Å²) in [7, 11) is 0. The van der Waals surface area contributed by atoms with Crippen LogP contribution in [0.5, 0.6) is 0 Å². The highest BCUT2D eigenvalue weighted by Gasteiger charge is 2.38. The number of carboxylic acids is 1. The predicted molar refractivity (Wildman–Crippen MR) is 72.6 cm³/mol. The summed E-state index contributed by atoms with van der Waals surface area (Å²) in [5, 5.41) is 9.35. The lowest BCUT2D eigenvalue weighted by atomic mass is 10.1. The zero-order valence-electron chi connectivity index (χ0n) is 10.6. The van der Waals surface area contributed by atoms with Gasteiger partial charge in [0.1, 0.15) is 6.04 Å². The van der Waals surface area contributed by atoms with Crippen molar-refractivity contribution in [2.45, 2.75) is 12.5 Å². The number of carbonyl (C=O) groups is 2. The number of amides is 1. The third kappa shape index (κ3) is 1.93. The van der Waals surface area contributed by atoms with Crippen molar-refractivity contribution < 1.29 is 14.7 Å². The molecule has 1 amide bonds. The van der Waals surface area contributed by atoms with Crippen LogP contribution in [0.3, 0.4) is 0 Å². The number of carboxylic acid groups (broad SMARTS) is 1. The molecule has 1 N–H and O–H groups in total. The molecule has 1 unspecified atom stereocenters. The quantitative estimate of drug-likeness (QED) is 0.900. The number of hydrogen-bond acceptors (Lipinski definition) is 3. The molecule has 20 heavy (non-hydrogen) atoms. The van der Waals surface area contributed by atoms with E-state index in [1.54, 1.807) is 24.3 Å². The third-order valence-corrected chi connectivity index (χ3v) is 3.41. The van der Waals surface area contributed by atoms with Gasteiger partial charge in [-0.2, -0.15) is 0 Å². The SMILES string of the molecule is O=C(O)C1Cc2ccccc2N1C(=O)c1ccncc1. The van der Waals surface area contributed by atoms with Crippen LogP contribution in [0.2, 0.25) is 0 Å². The number of rotatable bonds is 2. The topological polar surface area (TPSA) is 70.5 Å². The Bertz CT molecular complexity index is 670. The van der Waals surface area contributed by atoms with Gasteiger partial charge in [0.15, 0.2) is 0 Å². The lowest BCUT2D eigenvalue weighted by Gasteiger charge is -2.22. The van der Waals surface area contributed by atoms with E-state index in [1.165, 1.54) is 17.3 Å². The first-order valence-electron chi connectivity index (χ1n) is 6.23. The highest BCUT2D eigenvalue weighted by atomic mass is 16.4. The van der Waals surface area contributed by atoms with Crippen LogP contribution in [-0.2, 0) is 11.2 Å². The molecular weight excluding hydrogens is 256 g/mol. The molecule has 1 aliphatic heterocycles. The van der Waals surface area contributed by atoms with Crippen molar-refractivity contribution in [1.29, 1.82) is 0 Å². The average Bonchev–Trinajstić information content (AvgIpc) is 2.87. The van der Waals surface area contributed by atoms with E-state index in [0.717, 1.165) is 5.56 Å². The highest BCUT2D eigenvalue weighted by Crippen LogP contribution is 2.33. The fraction of sp³-hybridized carbons (Fsp3) is 0.133. The molecule has 0 aliphatic carbocycles. The largest absolute Gasteiger partial charge is 0.480 e. The molecule has 0 spiro atoms. The van der Waals surface area contributed by atoms with Crippen LogP contribution in [0.4, 0.5) is 5.69 Å². The van der Waals surface area contributed by atoms with Crippen LogP contribution >= 0.6 is 0 Å². The van der Waals surface area contributed by atoms with Crippen molar-refractivity contribution in [3.8, 4) is 0 Å². The van der Waals surface area contributed by atoms with Crippen LogP contribution in [0.1, 0.15) is 15.9 Å². The third-order valence-electron chi connectivity index (χ3n) is 3.41. The summed E-state index contributed by atoms with van der Waals surface area (Å²) >= 11 is 0. The van der Waals surface area contributed by atoms with Crippen molar-refractivity contribution >= 4 is 17.6 Å². The standard InChI is InChI=1S/C15H12N2O3/c18-14(10-5-7-16-8-6-10)17-12-4-2-1-3-11(12)9-13(17)15(19)20/h1-8,13H,9H2,(H,19,20). The first-order valence-corrected chi connectivity index (χ1v) is 6.23. The molecule has 5 heteroatoms. The summed E-state index contributed by atoms with van der Waals surface area (Å²) in [6, 6.07) is 9.59. The molecule has 0 fully saturated rings. The summed E-state index contributed by atoms with van der Waals surface area (Å²) < 4.78 is 0. The van der Waals surface area contributed by atoms with E-state index >= 15 is 0 Å². The van der Waals surface area contributed by atoms with Crippen LogP contribution < -0.4 is 4.90 Å². The lowest BCUT2D eigenvalue weighted by Crippen LogP contribution is -2.42. The first-order chi connectivity index (χ1) is 9.68. The van der Waals surface area contributed by atoms with E-state index in [0.29, 0.717) is 17.7 Å². The van der Waals surface area contributed by atoms with Gasteiger partial charge in [-0.05, 0) is 23.8 Å². The van der Waals surface area contributed by atoms with Gasteiger partial charge in [0.05, 0.1) is 0 Å². The van der Waals surface area contributed by atoms with Crippen molar-refractivity contribution in [2.24, 2.45) is 0 Å². The van der Waals surface area contributed by atoms with Crippen molar-refractivity contribution in [2.75, 3.05) is 4.90 Å². The van der Waals surface area contributed by atoms with Gasteiger partial charge in [-0.25, -0.2) is 4.79 Å². The second kappa shape index (κ2) is 4.77. The molecule has 2 heterocycles. The van der Waals surface area contributed by atoms with Crippen molar-refractivity contribution in [1.82, 2.24) is 4.98 Å². The monoisotopic (exact) mass is 268 g/mol. The maximum Gasteiger partial charge on any atom is 0.327 e. The molecule has 0 saturated heterocycles. The molecule has 5 nitrogen and oxygen atoms in total. The number of aromatic nitrogens is 1. The van der Waals surface area contributed by atoms with Gasteiger partial charge in [0.25, 0.3) is 5.91 Å². The van der Waals surface area contributed by atoms with Gasteiger partial charge in [0.2, 0.25) is 0 Å². The Labute approximate surface area is 115 Å². The molecule has 1 atom stereocenters. The number of aliphatic carboxylic acids is 1. The van der Waals surface area contributed by atoms with E-state index in [1.807, 2.05) is 12.1 Å². The summed E-state index contributed by atoms with van der Waals surface area (Å²) in [5.74, 6) is -1.31. The zero-order chi connectivity index (χ0) is 14.1. The Morgan fingerprint density at radius 1 is 1.15 bits per heavy atom. The number of anilines is 1. The Balaban J connectivity index is 2.05. The number of para-hydroxylation sites is 1. The Morgan fingerprint density at radius 3 is 2.55 bits per heavy atom. The van der Waals surface area contributed by atoms with E-state index < -0.39 is 12.0 Å². The van der Waals surface area contributed by atoms with Crippen molar-refractivity contribution in [3.63, 3.8) is 0 Å². The van der Waals surface area contributed by atoms with Crippen molar-refractivity contribution in [3.05, 3.63) is 59.9 Å². The molecule has 0 bridgehead atoms. The Hall–Kier alpha value is -2.69. The second-order valence-electron chi connectivity index (χ2n) is 4.60. The minimum Gasteiger partial charge on any atom is -0.480 e. The molecule has 2 aromatic rings. The fourth-order valence-electron chi connectivity index (χ4n) is 2.47. The maximum atomic E-state index is 12.6. The van der Waals surface area contributed by atoms with Gasteiger partial charge in [-0.1, -0.05) is 18.2 Å². The van der Waals surface area contributed by atoms with Gasteiger partial charge < -0.3 is 5.11 Å². The predicted octanol–water partition coefficient (Wildman–Crippen LogP) is 1.74. The number of benzene rings is 1. The van der Waals surface area contributed by atoms with E-state index in [9.17, 15) is 14.7 Å². The van der Waals surface area contributed by atoms with E-state index in [4.69, 9.17) is 0 Å². The van der Waals surface area contributed by atoms with Gasteiger partial charge >= 0.3 is 5.97 Å². The summed E-state index contributed by atoms with van der Waals surface area (Å²) in [6.45, 7) is 0. The molecule has 1 aliphatic rings. The molecular formula is C15H12N2O3. The van der Waals surface area contributed by atoms with E-state index in [-0.39, 0.29) is 5.91 Å². The summed E-state index contributed by atoms with van der Waals surface area (Å²) in [4.78, 5) is 29.2. The first kappa shape index (κ1) is 12.3. The fourth-order valence-corrected chi connectivity index (χ4v) is 2.47. The smallest absolute Gasteiger partial charge is 0.327 e. The number of hydrogen-bond donors (Lipinski definition) is 1. The molecule has 100 valence electrons. The van der Waals surface area contributed by atoms with Gasteiger partial charge in [0, 0.05) is 30.1 Å². The molecule has 3 rings (SSSR count). The van der Waals surface area contributed by atoms with Gasteiger partial charge in [-0.3, -0.25) is 14.7 Å². The highest BCUT2D eigenvalue weighted by molar-refractivity contribution is 6.10. The van der Waals surface area contributed by atoms with Gasteiger partial charge in [-0.15, -0.1) is 0 Å². The summed E-state index contributed by atoms with van der Waals surface area (Å²) in [6.07, 6.45) is 3.37. The Kier molecular flexibility index (Phi) is 2.95. The molecule has 0 saturated carbocycles. The average molecular weight is 268 g/mol. The Morgan fingerprint density at radius 2 is 1.85 bits per heavy atom. The van der Waals surface area contributed by atoms with Crippen LogP contribution in [-0.4, -0.2) is 28.0 Å². The van der Waals surface area contributed by atoms with Crippen LogP contribution in [0.15, 0.2) is 48.8 Å². The minimum absolute atomic E-state index is 0.315. The number of pyridine rings is 1.